The molecule has 2 fully saturated rings. The van der Waals surface area contributed by atoms with E-state index in [9.17, 15) is 14.4 Å². The minimum atomic E-state index is -0.965. The van der Waals surface area contributed by atoms with Gasteiger partial charge in [-0.2, -0.15) is 0 Å². The van der Waals surface area contributed by atoms with Gasteiger partial charge in [0.2, 0.25) is 5.91 Å². The molecule has 0 aromatic carbocycles. The Balaban J connectivity index is 1.55. The fourth-order valence-electron chi connectivity index (χ4n) is 2.95. The fourth-order valence-corrected chi connectivity index (χ4v) is 3.49. The lowest BCUT2D eigenvalue weighted by molar-refractivity contribution is -0.133. The van der Waals surface area contributed by atoms with Crippen LogP contribution < -0.4 is 5.32 Å². The van der Waals surface area contributed by atoms with Gasteiger partial charge in [0.25, 0.3) is 0 Å². The number of rotatable bonds is 7. The first-order chi connectivity index (χ1) is 12.5. The predicted octanol–water partition coefficient (Wildman–Crippen LogP) is -1.29. The van der Waals surface area contributed by atoms with Crippen molar-refractivity contribution < 1.29 is 33.7 Å². The molecule has 2 aliphatic heterocycles. The molecule has 142 valence electrons. The molecule has 0 aliphatic carbocycles. The zero-order chi connectivity index (χ0) is 18.7. The summed E-state index contributed by atoms with van der Waals surface area (Å²) in [5.74, 6) is -1.90. The van der Waals surface area contributed by atoms with Crippen LogP contribution >= 0.6 is 11.8 Å². The number of esters is 1. The van der Waals surface area contributed by atoms with Gasteiger partial charge in [0.1, 0.15) is 18.2 Å². The number of methoxy groups -OCH3 is 1. The van der Waals surface area contributed by atoms with Crippen molar-refractivity contribution in [1.82, 2.24) is 20.3 Å². The van der Waals surface area contributed by atoms with Crippen LogP contribution in [0.15, 0.2) is 6.20 Å². The van der Waals surface area contributed by atoms with Gasteiger partial charge in [-0.3, -0.25) is 9.59 Å². The van der Waals surface area contributed by atoms with Crippen molar-refractivity contribution in [3.63, 3.8) is 0 Å². The smallest absolute Gasteiger partial charge is 0.360 e. The Labute approximate surface area is 152 Å². The van der Waals surface area contributed by atoms with E-state index in [0.29, 0.717) is 6.61 Å². The van der Waals surface area contributed by atoms with E-state index in [2.05, 4.69) is 20.4 Å². The molecule has 3 heterocycles. The Morgan fingerprint density at radius 2 is 2.12 bits per heavy atom. The standard InChI is InChI=1S/C14H18N4O7S/c1-23-14(22)7-2-18(17-16-7)9-4-25-12-8(3-24-13(9)12)15-10(19)5-26-6-11(20)21/h2,8-9,12-13H,3-6H2,1H3,(H,15,19)(H,20,21)/t8-,9+,12-,13+/m0/s1. The number of aliphatic carboxylic acids is 1. The second-order valence-electron chi connectivity index (χ2n) is 5.80. The normalized spacial score (nSPS) is 27.1. The lowest BCUT2D eigenvalue weighted by atomic mass is 10.1. The molecule has 12 heteroatoms. The summed E-state index contributed by atoms with van der Waals surface area (Å²) < 4.78 is 17.6. The Hall–Kier alpha value is -2.18. The Morgan fingerprint density at radius 1 is 1.35 bits per heavy atom. The highest BCUT2D eigenvalue weighted by Gasteiger charge is 2.49. The maximum atomic E-state index is 11.9. The first-order valence-corrected chi connectivity index (χ1v) is 8.97. The van der Waals surface area contributed by atoms with Crippen LogP contribution in [-0.4, -0.2) is 88.0 Å². The van der Waals surface area contributed by atoms with Crippen molar-refractivity contribution >= 4 is 29.6 Å². The van der Waals surface area contributed by atoms with Gasteiger partial charge in [-0.05, 0) is 0 Å². The lowest BCUT2D eigenvalue weighted by Crippen LogP contribution is -2.44. The zero-order valence-electron chi connectivity index (χ0n) is 13.9. The number of fused-ring (bicyclic) bond motifs is 1. The molecule has 0 unspecified atom stereocenters. The van der Waals surface area contributed by atoms with Gasteiger partial charge in [0.15, 0.2) is 5.69 Å². The molecule has 0 spiro atoms. The maximum Gasteiger partial charge on any atom is 0.360 e. The molecule has 2 saturated heterocycles. The van der Waals surface area contributed by atoms with Crippen LogP contribution in [-0.2, 0) is 23.8 Å². The van der Waals surface area contributed by atoms with E-state index in [1.54, 1.807) is 0 Å². The maximum absolute atomic E-state index is 11.9. The topological polar surface area (TPSA) is 142 Å². The highest BCUT2D eigenvalue weighted by molar-refractivity contribution is 8.00. The number of ether oxygens (including phenoxy) is 3. The zero-order valence-corrected chi connectivity index (χ0v) is 14.7. The second-order valence-corrected chi connectivity index (χ2v) is 6.78. The van der Waals surface area contributed by atoms with Crippen molar-refractivity contribution in [3.8, 4) is 0 Å². The number of nitrogens with one attached hydrogen (secondary N) is 1. The third kappa shape index (κ3) is 3.97. The summed E-state index contributed by atoms with van der Waals surface area (Å²) in [6.07, 6.45) is 0.790. The van der Waals surface area contributed by atoms with Crippen LogP contribution in [0.3, 0.4) is 0 Å². The SMILES string of the molecule is COC(=O)c1cn([C@@H]2CO[C@@H]3[C@@H]2OC[C@@H]3NC(=O)CSCC(=O)O)nn1. The number of hydrogen-bond donors (Lipinski definition) is 2. The molecule has 1 aromatic heterocycles. The van der Waals surface area contributed by atoms with Crippen LogP contribution in [0.2, 0.25) is 0 Å². The number of carbonyl (C=O) groups is 3. The minimum absolute atomic E-state index is 0.0508. The van der Waals surface area contributed by atoms with Gasteiger partial charge in [-0.1, -0.05) is 5.21 Å². The van der Waals surface area contributed by atoms with E-state index >= 15 is 0 Å². The molecule has 1 amide bonds. The Bertz CT molecular complexity index is 697. The number of carbonyl (C=O) groups excluding carboxylic acids is 2. The highest BCUT2D eigenvalue weighted by atomic mass is 32.2. The third-order valence-corrected chi connectivity index (χ3v) is 4.99. The summed E-state index contributed by atoms with van der Waals surface area (Å²) in [6, 6.07) is -0.597. The van der Waals surface area contributed by atoms with Gasteiger partial charge < -0.3 is 24.6 Å². The fraction of sp³-hybridized carbons (Fsp3) is 0.643. The van der Waals surface area contributed by atoms with Crippen LogP contribution in [0.5, 0.6) is 0 Å². The van der Waals surface area contributed by atoms with E-state index < -0.39 is 11.9 Å². The summed E-state index contributed by atoms with van der Waals surface area (Å²) >= 11 is 1.02. The van der Waals surface area contributed by atoms with E-state index in [-0.39, 0.29) is 54.0 Å². The van der Waals surface area contributed by atoms with Crippen molar-refractivity contribution in [2.45, 2.75) is 24.3 Å². The first-order valence-electron chi connectivity index (χ1n) is 7.82. The van der Waals surface area contributed by atoms with Crippen molar-refractivity contribution in [1.29, 1.82) is 0 Å². The molecule has 26 heavy (non-hydrogen) atoms. The van der Waals surface area contributed by atoms with Crippen LogP contribution in [0.4, 0.5) is 0 Å². The van der Waals surface area contributed by atoms with Crippen molar-refractivity contribution in [3.05, 3.63) is 11.9 Å². The van der Waals surface area contributed by atoms with Gasteiger partial charge in [-0.25, -0.2) is 9.48 Å². The minimum Gasteiger partial charge on any atom is -0.481 e. The summed E-state index contributed by atoms with van der Waals surface area (Å²) in [5.41, 5.74) is 0.0919. The highest BCUT2D eigenvalue weighted by Crippen LogP contribution is 2.33. The molecule has 2 aliphatic rings. The van der Waals surface area contributed by atoms with Gasteiger partial charge >= 0.3 is 11.9 Å². The largest absolute Gasteiger partial charge is 0.481 e. The molecule has 3 rings (SSSR count). The van der Waals surface area contributed by atoms with E-state index in [1.807, 2.05) is 0 Å². The van der Waals surface area contributed by atoms with E-state index in [4.69, 9.17) is 14.6 Å². The number of carboxylic acids is 1. The average molecular weight is 386 g/mol. The second kappa shape index (κ2) is 8.01. The monoisotopic (exact) mass is 386 g/mol. The molecular formula is C14H18N4O7S. The van der Waals surface area contributed by atoms with Gasteiger partial charge in [-0.15, -0.1) is 16.9 Å². The van der Waals surface area contributed by atoms with E-state index in [1.165, 1.54) is 18.0 Å². The quantitative estimate of drug-likeness (QED) is 0.543. The summed E-state index contributed by atoms with van der Waals surface area (Å²) in [7, 11) is 1.26. The van der Waals surface area contributed by atoms with Gasteiger partial charge in [0.05, 0.1) is 44.1 Å². The summed E-state index contributed by atoms with van der Waals surface area (Å²) in [4.78, 5) is 33.9. The molecule has 4 atom stereocenters. The van der Waals surface area contributed by atoms with Crippen LogP contribution in [0.1, 0.15) is 16.5 Å². The lowest BCUT2D eigenvalue weighted by Gasteiger charge is -2.17. The molecule has 2 N–H and O–H groups in total. The van der Waals surface area contributed by atoms with E-state index in [0.717, 1.165) is 11.8 Å². The average Bonchev–Trinajstić information content (AvgIpc) is 3.30. The summed E-state index contributed by atoms with van der Waals surface area (Å²) in [5, 5.41) is 19.1. The van der Waals surface area contributed by atoms with Gasteiger partial charge in [0, 0.05) is 0 Å². The number of hydrogen-bond acceptors (Lipinski definition) is 9. The van der Waals surface area contributed by atoms with Crippen LogP contribution in [0.25, 0.3) is 0 Å². The molecule has 11 nitrogen and oxygen atoms in total. The molecule has 0 saturated carbocycles. The molecule has 0 radical (unpaired) electrons. The van der Waals surface area contributed by atoms with Crippen molar-refractivity contribution in [2.75, 3.05) is 31.8 Å². The predicted molar refractivity (Wildman–Crippen MR) is 86.8 cm³/mol. The first kappa shape index (κ1) is 18.6. The van der Waals surface area contributed by atoms with Crippen molar-refractivity contribution in [2.24, 2.45) is 0 Å². The number of amides is 1. The number of aromatic nitrogens is 3. The number of thioether (sulfide) groups is 1. The molecule has 0 bridgehead atoms. The van der Waals surface area contributed by atoms with Crippen LogP contribution in [0, 0.1) is 0 Å². The molecular weight excluding hydrogens is 368 g/mol. The third-order valence-electron chi connectivity index (χ3n) is 4.08. The molecule has 1 aromatic rings. The Kier molecular flexibility index (Phi) is 5.74. The summed E-state index contributed by atoms with van der Waals surface area (Å²) in [6.45, 7) is 0.583. The Morgan fingerprint density at radius 3 is 2.85 bits per heavy atom. The number of carboxylic acid groups (broad SMARTS) is 1. The number of nitrogens with zero attached hydrogens (tertiary/aromatic N) is 3.